The Bertz CT molecular complexity index is 575. The molecule has 0 aromatic heterocycles. The zero-order valence-corrected chi connectivity index (χ0v) is 12.8. The van der Waals surface area contributed by atoms with Crippen molar-refractivity contribution < 1.29 is 22.8 Å². The Morgan fingerprint density at radius 2 is 1.95 bits per heavy atom. The topological polar surface area (TPSA) is 81.7 Å². The number of ether oxygens (including phenoxy) is 1. The van der Waals surface area contributed by atoms with Crippen molar-refractivity contribution in [3.05, 3.63) is 35.4 Å². The molecule has 1 N–H and O–H groups in total. The largest absolute Gasteiger partial charge is 0.465 e. The van der Waals surface area contributed by atoms with Gasteiger partial charge in [-0.2, -0.15) is 0 Å². The molecule has 0 bridgehead atoms. The minimum absolute atomic E-state index is 0.284. The number of esters is 1. The van der Waals surface area contributed by atoms with Gasteiger partial charge < -0.3 is 4.74 Å². The molecule has 1 aromatic carbocycles. The van der Waals surface area contributed by atoms with E-state index in [9.17, 15) is 13.2 Å². The summed E-state index contributed by atoms with van der Waals surface area (Å²) in [6.45, 7) is 5.19. The molecule has 112 valence electrons. The Kier molecular flexibility index (Phi) is 5.27. The van der Waals surface area contributed by atoms with Crippen LogP contribution in [0.3, 0.4) is 0 Å². The van der Waals surface area contributed by atoms with Crippen LogP contribution in [-0.2, 0) is 25.4 Å². The van der Waals surface area contributed by atoms with Gasteiger partial charge in [-0.25, -0.2) is 13.2 Å². The Morgan fingerprint density at radius 1 is 1.30 bits per heavy atom. The summed E-state index contributed by atoms with van der Waals surface area (Å²) in [5.41, 5.74) is 0.149. The molecular weight excluding hydrogens is 282 g/mol. The van der Waals surface area contributed by atoms with E-state index in [0.717, 1.165) is 0 Å². The highest BCUT2D eigenvalue weighted by Gasteiger charge is 2.18. The average molecular weight is 301 g/mol. The van der Waals surface area contributed by atoms with Crippen LogP contribution >= 0.6 is 0 Å². The molecule has 0 aliphatic carbocycles. The molecule has 0 radical (unpaired) electrons. The van der Waals surface area contributed by atoms with Gasteiger partial charge >= 0.3 is 5.97 Å². The van der Waals surface area contributed by atoms with Gasteiger partial charge in [0, 0.05) is 0 Å². The quantitative estimate of drug-likeness (QED) is 0.660. The van der Waals surface area contributed by atoms with Crippen LogP contribution in [0.15, 0.2) is 24.3 Å². The molecule has 0 saturated heterocycles. The second-order valence-electron chi connectivity index (χ2n) is 5.25. The lowest BCUT2D eigenvalue weighted by Crippen LogP contribution is -2.34. The van der Waals surface area contributed by atoms with Crippen molar-refractivity contribution in [1.29, 1.82) is 0 Å². The van der Waals surface area contributed by atoms with Gasteiger partial charge in [0.15, 0.2) is 0 Å². The van der Waals surface area contributed by atoms with E-state index >= 15 is 0 Å². The summed E-state index contributed by atoms with van der Waals surface area (Å²) in [7, 11) is -2.37. The van der Waals surface area contributed by atoms with Gasteiger partial charge in [0.1, 0.15) is 0 Å². The molecule has 0 atom stereocenters. The fraction of sp³-hybridized carbons (Fsp3) is 0.462. The first kappa shape index (κ1) is 16.6. The molecule has 1 rings (SSSR count). The molecule has 0 fully saturated rings. The molecule has 20 heavy (non-hydrogen) atoms. The van der Waals surface area contributed by atoms with Crippen molar-refractivity contribution >= 4 is 16.0 Å². The fourth-order valence-electron chi connectivity index (χ4n) is 1.34. The van der Waals surface area contributed by atoms with Crippen molar-refractivity contribution in [3.8, 4) is 0 Å². The van der Waals surface area contributed by atoms with E-state index in [4.69, 9.17) is 4.84 Å². The maximum atomic E-state index is 11.8. The molecule has 7 heteroatoms. The number of nitrogens with one attached hydrogen (secondary N) is 1. The number of carbonyl (C=O) groups excluding carboxylic acids is 1. The van der Waals surface area contributed by atoms with E-state index in [2.05, 4.69) is 9.62 Å². The summed E-state index contributed by atoms with van der Waals surface area (Å²) in [5, 5.41) is 0. The maximum Gasteiger partial charge on any atom is 0.337 e. The van der Waals surface area contributed by atoms with Gasteiger partial charge in [-0.15, -0.1) is 0 Å². The number of benzene rings is 1. The highest BCUT2D eigenvalue weighted by Crippen LogP contribution is 2.11. The first-order valence-electron chi connectivity index (χ1n) is 5.98. The van der Waals surface area contributed by atoms with Gasteiger partial charge in [0.2, 0.25) is 10.0 Å². The van der Waals surface area contributed by atoms with Gasteiger partial charge in [-0.05, 0) is 38.5 Å². The number of hydrogen-bond donors (Lipinski definition) is 1. The minimum Gasteiger partial charge on any atom is -0.465 e. The molecule has 0 aliphatic heterocycles. The summed E-state index contributed by atoms with van der Waals surface area (Å²) in [4.78, 5) is 18.5. The third-order valence-corrected chi connectivity index (χ3v) is 3.23. The highest BCUT2D eigenvalue weighted by atomic mass is 32.2. The number of rotatable bonds is 5. The van der Waals surface area contributed by atoms with Crippen LogP contribution in [0, 0.1) is 0 Å². The fourth-order valence-corrected chi connectivity index (χ4v) is 2.40. The first-order chi connectivity index (χ1) is 9.13. The normalized spacial score (nSPS) is 12.2. The summed E-state index contributed by atoms with van der Waals surface area (Å²) in [6.07, 6.45) is 0. The number of hydrogen-bond acceptors (Lipinski definition) is 5. The van der Waals surface area contributed by atoms with Gasteiger partial charge in [0.05, 0.1) is 24.0 Å². The Morgan fingerprint density at radius 3 is 2.50 bits per heavy atom. The van der Waals surface area contributed by atoms with Crippen LogP contribution in [0.25, 0.3) is 0 Å². The minimum atomic E-state index is -3.64. The predicted octanol–water partition coefficient (Wildman–Crippen LogP) is 1.62. The van der Waals surface area contributed by atoms with Crippen LogP contribution in [0.2, 0.25) is 0 Å². The van der Waals surface area contributed by atoms with Crippen LogP contribution in [-0.4, -0.2) is 27.1 Å². The van der Waals surface area contributed by atoms with Crippen molar-refractivity contribution in [2.45, 2.75) is 32.1 Å². The van der Waals surface area contributed by atoms with Crippen LogP contribution in [0.1, 0.15) is 36.7 Å². The third-order valence-electron chi connectivity index (χ3n) is 2.18. The molecule has 0 aliphatic rings. The summed E-state index contributed by atoms with van der Waals surface area (Å²) < 4.78 is 28.3. The lowest BCUT2D eigenvalue weighted by molar-refractivity contribution is -0.0358. The standard InChI is InChI=1S/C13H19NO5S/c1-13(2,3)19-14-20(16,17)9-10-6-5-7-11(8-10)12(15)18-4/h5-8,14H,9H2,1-4H3. The van der Waals surface area contributed by atoms with Crippen molar-refractivity contribution in [2.75, 3.05) is 7.11 Å². The Balaban J connectivity index is 2.80. The summed E-state index contributed by atoms with van der Waals surface area (Å²) in [5.74, 6) is -0.795. The van der Waals surface area contributed by atoms with Crippen molar-refractivity contribution in [1.82, 2.24) is 4.89 Å². The lowest BCUT2D eigenvalue weighted by atomic mass is 10.1. The number of sulfonamides is 1. The van der Waals surface area contributed by atoms with Gasteiger partial charge in [0.25, 0.3) is 0 Å². The Labute approximate surface area is 119 Å². The molecule has 0 heterocycles. The molecular formula is C13H19NO5S. The zero-order chi connectivity index (χ0) is 15.4. The van der Waals surface area contributed by atoms with E-state index in [1.54, 1.807) is 39.0 Å². The second-order valence-corrected chi connectivity index (χ2v) is 6.93. The number of methoxy groups -OCH3 is 1. The lowest BCUT2D eigenvalue weighted by Gasteiger charge is -2.19. The van der Waals surface area contributed by atoms with Gasteiger partial charge in [-0.3, -0.25) is 4.84 Å². The van der Waals surface area contributed by atoms with E-state index in [1.165, 1.54) is 13.2 Å². The number of carbonyl (C=O) groups is 1. The smallest absolute Gasteiger partial charge is 0.337 e. The molecule has 6 nitrogen and oxygen atoms in total. The van der Waals surface area contributed by atoms with Crippen molar-refractivity contribution in [2.24, 2.45) is 0 Å². The zero-order valence-electron chi connectivity index (χ0n) is 12.0. The van der Waals surface area contributed by atoms with E-state index < -0.39 is 21.6 Å². The molecule has 0 unspecified atom stereocenters. The molecule has 0 spiro atoms. The third kappa shape index (κ3) is 5.68. The average Bonchev–Trinajstić information content (AvgIpc) is 2.35. The highest BCUT2D eigenvalue weighted by molar-refractivity contribution is 7.88. The van der Waals surface area contributed by atoms with Crippen molar-refractivity contribution in [3.63, 3.8) is 0 Å². The van der Waals surface area contributed by atoms with Crippen LogP contribution < -0.4 is 4.89 Å². The molecule has 1 aromatic rings. The van der Waals surface area contributed by atoms with E-state index in [1.807, 2.05) is 0 Å². The summed E-state index contributed by atoms with van der Waals surface area (Å²) >= 11 is 0. The first-order valence-corrected chi connectivity index (χ1v) is 7.63. The van der Waals surface area contributed by atoms with E-state index in [0.29, 0.717) is 11.1 Å². The van der Waals surface area contributed by atoms with E-state index in [-0.39, 0.29) is 5.75 Å². The molecule has 0 saturated carbocycles. The Hall–Kier alpha value is -1.44. The predicted molar refractivity (Wildman–Crippen MR) is 74.4 cm³/mol. The maximum absolute atomic E-state index is 11.8. The SMILES string of the molecule is COC(=O)c1cccc(CS(=O)(=O)NOC(C)(C)C)c1. The molecule has 0 amide bonds. The van der Waals surface area contributed by atoms with Crippen LogP contribution in [0.4, 0.5) is 0 Å². The van der Waals surface area contributed by atoms with Crippen LogP contribution in [0.5, 0.6) is 0 Å². The van der Waals surface area contributed by atoms with Gasteiger partial charge in [-0.1, -0.05) is 17.0 Å². The summed E-state index contributed by atoms with van der Waals surface area (Å²) in [6, 6.07) is 6.24. The monoisotopic (exact) mass is 301 g/mol. The second kappa shape index (κ2) is 6.34.